The molecule has 12 heteroatoms. The summed E-state index contributed by atoms with van der Waals surface area (Å²) in [7, 11) is 1.56. The molecule has 0 radical (unpaired) electrons. The van der Waals surface area contributed by atoms with Crippen LogP contribution < -0.4 is 25.8 Å². The molecule has 35 heavy (non-hydrogen) atoms. The average Bonchev–Trinajstić information content (AvgIpc) is 2.94. The molecule has 4 heterocycles. The number of piperidine rings is 1. The Labute approximate surface area is 204 Å². The smallest absolute Gasteiger partial charge is 0.300 e. The second-order valence-electron chi connectivity index (χ2n) is 8.95. The second kappa shape index (κ2) is 8.80. The van der Waals surface area contributed by atoms with E-state index in [1.165, 1.54) is 17.7 Å². The van der Waals surface area contributed by atoms with E-state index in [1.807, 2.05) is 4.90 Å². The standard InChI is InChI=1S/C23H25ClF2N6O3/c1-12-23(25,26)11-35-19-18(28-12)15-8-13(5-6-17(15)31(2)21(19)34)29-20-16(24)9-27-22(30-20)32-7-3-4-14(33)10-32/h5-6,8-9,12,14,28,33H,3-4,7,10-11H2,1-2H3,(H,27,29,30)/t12-,14-/m0/s1. The van der Waals surface area contributed by atoms with Gasteiger partial charge in [0.25, 0.3) is 5.56 Å². The Balaban J connectivity index is 1.54. The number of aromatic nitrogens is 3. The topological polar surface area (TPSA) is 105 Å². The number of aryl methyl sites for hydroxylation is 1. The normalized spacial score (nSPS) is 21.6. The number of nitrogens with zero attached hydrogens (tertiary/aromatic N) is 4. The van der Waals surface area contributed by atoms with E-state index in [1.54, 1.807) is 25.2 Å². The van der Waals surface area contributed by atoms with E-state index < -0.39 is 30.2 Å². The van der Waals surface area contributed by atoms with Crippen molar-refractivity contribution < 1.29 is 18.6 Å². The number of β-amino-alcohol motifs (C(OH)–C–C–N with tert-alkyl or cyclic N) is 1. The van der Waals surface area contributed by atoms with E-state index in [2.05, 4.69) is 20.6 Å². The minimum absolute atomic E-state index is 0.146. The average molecular weight is 507 g/mol. The molecule has 1 aromatic carbocycles. The van der Waals surface area contributed by atoms with Crippen molar-refractivity contribution in [3.8, 4) is 5.75 Å². The molecule has 2 aromatic heterocycles. The maximum absolute atomic E-state index is 14.3. The molecule has 0 saturated carbocycles. The predicted octanol–water partition coefficient (Wildman–Crippen LogP) is 3.51. The number of rotatable bonds is 3. The van der Waals surface area contributed by atoms with Crippen molar-refractivity contribution in [3.05, 3.63) is 39.8 Å². The molecule has 2 aliphatic heterocycles. The molecule has 1 saturated heterocycles. The lowest BCUT2D eigenvalue weighted by atomic mass is 10.1. The quantitative estimate of drug-likeness (QED) is 0.496. The highest BCUT2D eigenvalue weighted by molar-refractivity contribution is 6.32. The molecular formula is C23H25ClF2N6O3. The zero-order chi connectivity index (χ0) is 24.9. The number of hydrogen-bond donors (Lipinski definition) is 3. The number of fused-ring (bicyclic) bond motifs is 3. The van der Waals surface area contributed by atoms with Crippen molar-refractivity contribution in [2.75, 3.05) is 35.2 Å². The molecule has 5 rings (SSSR count). The maximum atomic E-state index is 14.3. The number of pyridine rings is 1. The van der Waals surface area contributed by atoms with Crippen LogP contribution in [-0.2, 0) is 7.05 Å². The van der Waals surface area contributed by atoms with E-state index >= 15 is 0 Å². The van der Waals surface area contributed by atoms with Gasteiger partial charge in [-0.3, -0.25) is 4.79 Å². The summed E-state index contributed by atoms with van der Waals surface area (Å²) in [6.45, 7) is 1.62. The fourth-order valence-electron chi connectivity index (χ4n) is 4.36. The van der Waals surface area contributed by atoms with Crippen LogP contribution >= 0.6 is 11.6 Å². The molecule has 0 bridgehead atoms. The fraction of sp³-hybridized carbons (Fsp3) is 0.435. The Hall–Kier alpha value is -3.18. The molecule has 0 spiro atoms. The van der Waals surface area contributed by atoms with Gasteiger partial charge >= 0.3 is 5.92 Å². The molecule has 3 N–H and O–H groups in total. The fourth-order valence-corrected chi connectivity index (χ4v) is 4.50. The highest BCUT2D eigenvalue weighted by Crippen LogP contribution is 2.38. The summed E-state index contributed by atoms with van der Waals surface area (Å²) in [5.74, 6) is -2.50. The van der Waals surface area contributed by atoms with Gasteiger partial charge in [-0.2, -0.15) is 4.98 Å². The van der Waals surface area contributed by atoms with Crippen molar-refractivity contribution in [2.24, 2.45) is 7.05 Å². The van der Waals surface area contributed by atoms with Crippen LogP contribution in [0.5, 0.6) is 5.75 Å². The van der Waals surface area contributed by atoms with E-state index in [0.29, 0.717) is 39.9 Å². The van der Waals surface area contributed by atoms with E-state index in [4.69, 9.17) is 16.3 Å². The van der Waals surface area contributed by atoms with Gasteiger partial charge in [0, 0.05) is 31.2 Å². The largest absolute Gasteiger partial charge is 0.480 e. The predicted molar refractivity (Wildman–Crippen MR) is 130 cm³/mol. The monoisotopic (exact) mass is 506 g/mol. The van der Waals surface area contributed by atoms with Gasteiger partial charge < -0.3 is 29.9 Å². The van der Waals surface area contributed by atoms with Gasteiger partial charge in [0.1, 0.15) is 5.02 Å². The summed E-state index contributed by atoms with van der Waals surface area (Å²) in [5.41, 5.74) is 0.838. The Morgan fingerprint density at radius 2 is 2.17 bits per heavy atom. The maximum Gasteiger partial charge on any atom is 0.300 e. The van der Waals surface area contributed by atoms with Crippen molar-refractivity contribution in [1.82, 2.24) is 14.5 Å². The third-order valence-electron chi connectivity index (χ3n) is 6.43. The lowest BCUT2D eigenvalue weighted by molar-refractivity contribution is -0.0487. The van der Waals surface area contributed by atoms with Gasteiger partial charge in [-0.05, 0) is 38.0 Å². The van der Waals surface area contributed by atoms with Crippen LogP contribution in [0.1, 0.15) is 19.8 Å². The minimum Gasteiger partial charge on any atom is -0.480 e. The molecule has 2 atom stereocenters. The number of hydrogen-bond acceptors (Lipinski definition) is 8. The second-order valence-corrected chi connectivity index (χ2v) is 9.36. The first-order valence-electron chi connectivity index (χ1n) is 11.3. The third kappa shape index (κ3) is 4.34. The number of ether oxygens (including phenoxy) is 1. The zero-order valence-corrected chi connectivity index (χ0v) is 19.9. The van der Waals surface area contributed by atoms with Crippen molar-refractivity contribution >= 4 is 45.6 Å². The molecule has 3 aromatic rings. The summed E-state index contributed by atoms with van der Waals surface area (Å²) in [6.07, 6.45) is 2.62. The first-order valence-corrected chi connectivity index (χ1v) is 11.7. The SMILES string of the molecule is C[C@@H]1Nc2c(c(=O)n(C)c3ccc(Nc4nc(N5CCC[C@H](O)C5)ncc4Cl)cc23)OCC1(F)F. The van der Waals surface area contributed by atoms with E-state index in [9.17, 15) is 18.7 Å². The Bertz CT molecular complexity index is 1350. The minimum atomic E-state index is -3.15. The lowest BCUT2D eigenvalue weighted by Gasteiger charge is -2.30. The van der Waals surface area contributed by atoms with Gasteiger partial charge in [0.15, 0.2) is 12.4 Å². The summed E-state index contributed by atoms with van der Waals surface area (Å²) >= 11 is 6.35. The molecule has 0 amide bonds. The highest BCUT2D eigenvalue weighted by Gasteiger charge is 2.41. The van der Waals surface area contributed by atoms with E-state index in [0.717, 1.165) is 19.4 Å². The van der Waals surface area contributed by atoms with Crippen LogP contribution in [0.3, 0.4) is 0 Å². The van der Waals surface area contributed by atoms with Crippen LogP contribution in [0.25, 0.3) is 10.9 Å². The Kier molecular flexibility index (Phi) is 5.92. The van der Waals surface area contributed by atoms with Gasteiger partial charge in [0.05, 0.1) is 29.5 Å². The number of benzene rings is 1. The highest BCUT2D eigenvalue weighted by atomic mass is 35.5. The first-order chi connectivity index (χ1) is 16.6. The summed E-state index contributed by atoms with van der Waals surface area (Å²) < 4.78 is 35.3. The van der Waals surface area contributed by atoms with Crippen molar-refractivity contribution in [1.29, 1.82) is 0 Å². The lowest BCUT2D eigenvalue weighted by Crippen LogP contribution is -2.40. The van der Waals surface area contributed by atoms with Crippen LogP contribution in [0.4, 0.5) is 31.9 Å². The molecular weight excluding hydrogens is 482 g/mol. The van der Waals surface area contributed by atoms with E-state index in [-0.39, 0.29) is 11.4 Å². The number of aliphatic hydroxyl groups is 1. The summed E-state index contributed by atoms with van der Waals surface area (Å²) in [4.78, 5) is 23.5. The third-order valence-corrected chi connectivity index (χ3v) is 6.71. The first kappa shape index (κ1) is 23.6. The Morgan fingerprint density at radius 1 is 1.37 bits per heavy atom. The summed E-state index contributed by atoms with van der Waals surface area (Å²) in [5, 5.41) is 16.8. The molecule has 0 aliphatic carbocycles. The Morgan fingerprint density at radius 3 is 2.94 bits per heavy atom. The van der Waals surface area contributed by atoms with Gasteiger partial charge in [-0.25, -0.2) is 13.8 Å². The molecule has 186 valence electrons. The van der Waals surface area contributed by atoms with Crippen LogP contribution in [-0.4, -0.2) is 57.4 Å². The van der Waals surface area contributed by atoms with Crippen LogP contribution in [0.2, 0.25) is 5.02 Å². The number of nitrogens with one attached hydrogen (secondary N) is 2. The number of halogens is 3. The number of anilines is 4. The molecule has 0 unspecified atom stereocenters. The summed E-state index contributed by atoms with van der Waals surface area (Å²) in [6, 6.07) is 3.94. The number of aliphatic hydroxyl groups excluding tert-OH is 1. The molecule has 2 aliphatic rings. The van der Waals surface area contributed by atoms with Crippen LogP contribution in [0.15, 0.2) is 29.2 Å². The zero-order valence-electron chi connectivity index (χ0n) is 19.2. The van der Waals surface area contributed by atoms with Crippen LogP contribution in [0, 0.1) is 0 Å². The number of alkyl halides is 2. The van der Waals surface area contributed by atoms with Gasteiger partial charge in [0.2, 0.25) is 11.7 Å². The van der Waals surface area contributed by atoms with Crippen molar-refractivity contribution in [3.63, 3.8) is 0 Å². The van der Waals surface area contributed by atoms with Crippen molar-refractivity contribution in [2.45, 2.75) is 37.8 Å². The van der Waals surface area contributed by atoms with Gasteiger partial charge in [-0.15, -0.1) is 0 Å². The molecule has 9 nitrogen and oxygen atoms in total. The van der Waals surface area contributed by atoms with Gasteiger partial charge in [-0.1, -0.05) is 11.6 Å². The molecule has 1 fully saturated rings.